The number of amides is 3. The summed E-state index contributed by atoms with van der Waals surface area (Å²) >= 11 is 39.6. The Balaban J connectivity index is 0.000000177. The Labute approximate surface area is 674 Å². The molecule has 6 N–H and O–H groups in total. The Morgan fingerprint density at radius 3 is 1.31 bits per heavy atom. The molecule has 9 aromatic rings. The zero-order valence-corrected chi connectivity index (χ0v) is 67.3. The minimum atomic E-state index is -0.427. The van der Waals surface area contributed by atoms with Crippen molar-refractivity contribution in [2.75, 3.05) is 84.8 Å². The monoisotopic (exact) mass is 1620 g/mol. The topological polar surface area (TPSA) is 272 Å². The van der Waals surface area contributed by atoms with Gasteiger partial charge in [-0.1, -0.05) is 121 Å². The second kappa shape index (κ2) is 37.5. The molecule has 582 valence electrons. The number of hydrogen-bond acceptors (Lipinski definition) is 20. The van der Waals surface area contributed by atoms with Crippen LogP contribution in [0.15, 0.2) is 140 Å². The largest absolute Gasteiger partial charge is 0.495 e. The number of hydrogen-bond donors (Lipinski definition) is 6. The van der Waals surface area contributed by atoms with E-state index in [0.717, 1.165) is 101 Å². The molecule has 3 aliphatic rings. The number of carbonyl (C=O) groups is 3. The fraction of sp³-hybridized carbons (Fsp3) is 0.321. The predicted octanol–water partition coefficient (Wildman–Crippen LogP) is 15.5. The van der Waals surface area contributed by atoms with Crippen LogP contribution in [0.2, 0.25) is 30.1 Å². The van der Waals surface area contributed by atoms with E-state index in [1.807, 2.05) is 63.2 Å². The Morgan fingerprint density at radius 2 is 0.919 bits per heavy atom. The van der Waals surface area contributed by atoms with Gasteiger partial charge in [0.05, 0.1) is 119 Å². The van der Waals surface area contributed by atoms with Crippen LogP contribution in [-0.4, -0.2) is 162 Å². The Bertz CT molecular complexity index is 4890. The van der Waals surface area contributed by atoms with Crippen molar-refractivity contribution in [3.05, 3.63) is 176 Å². The van der Waals surface area contributed by atoms with Crippen molar-refractivity contribution < 1.29 is 42.8 Å². The Kier molecular flexibility index (Phi) is 28.1. The lowest BCUT2D eigenvalue weighted by Gasteiger charge is -2.40. The van der Waals surface area contributed by atoms with E-state index in [0.29, 0.717) is 120 Å². The number of likely N-dealkylation sites (tertiary alicyclic amines) is 2. The van der Waals surface area contributed by atoms with Gasteiger partial charge in [0, 0.05) is 132 Å². The summed E-state index contributed by atoms with van der Waals surface area (Å²) in [6.07, 6.45) is 18.2. The number of halogens is 6. The summed E-state index contributed by atoms with van der Waals surface area (Å²) in [4.78, 5) is 76.9. The summed E-state index contributed by atoms with van der Waals surface area (Å²) in [6.45, 7) is 24.4. The second-order valence-electron chi connectivity index (χ2n) is 26.4. The molecular weight excluding hydrogens is 1540 g/mol. The van der Waals surface area contributed by atoms with Crippen molar-refractivity contribution in [1.82, 2.24) is 55.2 Å². The lowest BCUT2D eigenvalue weighted by atomic mass is 9.90. The van der Waals surface area contributed by atoms with Crippen LogP contribution in [0.1, 0.15) is 59.3 Å². The molecule has 111 heavy (non-hydrogen) atoms. The van der Waals surface area contributed by atoms with E-state index in [9.17, 15) is 19.2 Å². The van der Waals surface area contributed by atoms with E-state index in [-0.39, 0.29) is 63.7 Å². The number of anilines is 3. The van der Waals surface area contributed by atoms with Crippen LogP contribution in [0, 0.1) is 12.3 Å². The number of nitrogens with zero attached hydrogens (tertiary/aromatic N) is 8. The van der Waals surface area contributed by atoms with Gasteiger partial charge in [-0.3, -0.25) is 19.2 Å². The molecule has 2 aliphatic heterocycles. The molecule has 5 aromatic carbocycles. The number of rotatable bonds is 23. The van der Waals surface area contributed by atoms with Gasteiger partial charge in [0.15, 0.2) is 0 Å². The van der Waals surface area contributed by atoms with Crippen LogP contribution >= 0.6 is 69.6 Å². The third kappa shape index (κ3) is 19.0. The lowest BCUT2D eigenvalue weighted by Crippen LogP contribution is -2.56. The number of carbonyl (C=O) groups excluding carboxylic acids is 3. The molecule has 4 aromatic heterocycles. The minimum Gasteiger partial charge on any atom is -0.495 e. The number of aromatic nitrogens is 6. The van der Waals surface area contributed by atoms with E-state index in [1.54, 1.807) is 47.4 Å². The Morgan fingerprint density at radius 1 is 0.523 bits per heavy atom. The van der Waals surface area contributed by atoms with Crippen LogP contribution < -0.4 is 65.9 Å². The molecule has 1 saturated carbocycles. The molecule has 30 heteroatoms. The lowest BCUT2D eigenvalue weighted by molar-refractivity contribution is -0.118. The Hall–Kier alpha value is -10.4. The van der Waals surface area contributed by atoms with E-state index >= 15 is 0 Å². The summed E-state index contributed by atoms with van der Waals surface area (Å²) in [7, 11) is 9.12. The van der Waals surface area contributed by atoms with Crippen molar-refractivity contribution >= 4 is 138 Å². The molecule has 1 aliphatic carbocycles. The first-order valence-corrected chi connectivity index (χ1v) is 37.7. The van der Waals surface area contributed by atoms with Crippen LogP contribution in [0.3, 0.4) is 0 Å². The molecular formula is C81H86Cl6N14O10. The number of aryl methyl sites for hydroxylation is 1. The number of fused-ring (bicyclic) bond motifs is 3. The summed E-state index contributed by atoms with van der Waals surface area (Å²) in [6, 6.07) is 19.3. The van der Waals surface area contributed by atoms with Crippen LogP contribution in [0.25, 0.3) is 66.1 Å². The smallest absolute Gasteiger partial charge is 0.295 e. The van der Waals surface area contributed by atoms with Crippen molar-refractivity contribution in [3.8, 4) is 80.2 Å². The number of piperidine rings is 2. The number of methoxy groups -OCH3 is 6. The van der Waals surface area contributed by atoms with E-state index in [2.05, 4.69) is 88.9 Å². The zero-order chi connectivity index (χ0) is 80.1. The van der Waals surface area contributed by atoms with Gasteiger partial charge in [-0.15, -0.1) is 6.42 Å². The maximum Gasteiger partial charge on any atom is 0.295 e. The first-order valence-electron chi connectivity index (χ1n) is 35.4. The molecule has 6 heterocycles. The molecule has 0 unspecified atom stereocenters. The van der Waals surface area contributed by atoms with Crippen LogP contribution in [-0.2, 0) is 20.9 Å². The number of allylic oxidation sites excluding steroid dienone is 2. The first kappa shape index (κ1) is 83.1. The molecule has 2 saturated heterocycles. The SMILES string of the molecule is C#CC(=O)N[C@H]1CCCC[C@H]1Nc1cc2c(cn1)cc(-c1c(Cl)c(OC)cc(OC)c1Cl)c(=O)n2CC.C=CC(=O)N[C@@H]1CCN(C(=C)C)C[C@@H]1Nc1ncc2cc(-c3c(Cl)c(OC)cc(OC)c3Cl)ccc2n1.C=CC(=O)N[C@H]1CCN(C(=C)C)C[C@H]1Nc1ncc2cc(-c3c(Cl)c(OC)cc(OC)c3Cl)ccc2n1. The van der Waals surface area contributed by atoms with E-state index < -0.39 is 5.91 Å². The maximum atomic E-state index is 13.7. The van der Waals surface area contributed by atoms with Crippen molar-refractivity contribution in [2.45, 2.75) is 102 Å². The highest BCUT2D eigenvalue weighted by Crippen LogP contribution is 2.49. The predicted molar refractivity (Wildman–Crippen MR) is 444 cm³/mol. The van der Waals surface area contributed by atoms with Gasteiger partial charge in [0.1, 0.15) is 40.3 Å². The fourth-order valence-electron chi connectivity index (χ4n) is 13.7. The van der Waals surface area contributed by atoms with Crippen molar-refractivity contribution in [3.63, 3.8) is 0 Å². The van der Waals surface area contributed by atoms with E-state index in [1.165, 1.54) is 54.8 Å². The molecule has 6 atom stereocenters. The highest BCUT2D eigenvalue weighted by atomic mass is 35.5. The van der Waals surface area contributed by atoms with E-state index in [4.69, 9.17) is 114 Å². The fourth-order valence-corrected chi connectivity index (χ4v) is 15.8. The maximum absolute atomic E-state index is 13.7. The van der Waals surface area contributed by atoms with Crippen molar-refractivity contribution in [2.24, 2.45) is 0 Å². The number of terminal acetylenes is 1. The first-order chi connectivity index (χ1) is 53.3. The third-order valence-corrected chi connectivity index (χ3v) is 21.8. The highest BCUT2D eigenvalue weighted by molar-refractivity contribution is 6.42. The summed E-state index contributed by atoms with van der Waals surface area (Å²) < 4.78 is 34.0. The normalized spacial score (nSPS) is 17.2. The zero-order valence-electron chi connectivity index (χ0n) is 62.8. The van der Waals surface area contributed by atoms with Gasteiger partial charge < -0.3 is 74.7 Å². The van der Waals surface area contributed by atoms with Gasteiger partial charge in [0.25, 0.3) is 11.5 Å². The third-order valence-electron chi connectivity index (χ3n) is 19.5. The molecule has 12 rings (SSSR count). The molecule has 0 spiro atoms. The molecule has 0 bridgehead atoms. The van der Waals surface area contributed by atoms with Gasteiger partial charge in [-0.2, -0.15) is 0 Å². The number of pyridine rings is 2. The number of benzene rings is 5. The summed E-state index contributed by atoms with van der Waals surface area (Å²) in [5.41, 5.74) is 7.28. The van der Waals surface area contributed by atoms with Crippen LogP contribution in [0.5, 0.6) is 34.5 Å². The quantitative estimate of drug-likeness (QED) is 0.0256. The molecule has 3 amide bonds. The average molecular weight is 1630 g/mol. The van der Waals surface area contributed by atoms with Gasteiger partial charge in [-0.25, -0.2) is 24.9 Å². The number of nitrogens with one attached hydrogen (secondary N) is 6. The summed E-state index contributed by atoms with van der Waals surface area (Å²) in [5.74, 6) is 5.34. The minimum absolute atomic E-state index is 0.0288. The van der Waals surface area contributed by atoms with Gasteiger partial charge >= 0.3 is 0 Å². The van der Waals surface area contributed by atoms with Crippen LogP contribution in [0.4, 0.5) is 17.7 Å². The standard InChI is InChI=1S/2C27H29Cl2N5O3.C27H28Cl2N4O4/c2*1-6-23(35)31-19-9-10-34(15(2)3)14-20(19)33-27-30-13-17-11-16(7-8-18(17)32-27)24-25(28)21(36-4)12-22(37-5)26(24)29;1-5-23(34)32-18-10-8-7-9-17(18)31-22-12-19-15(14-30-22)11-16(27(35)33(19)6-2)24-25(28)20(36-3)13-21(37-4)26(24)29/h2*6-8,11-13,19-20H,1-2,9-10,14H2,3-5H3,(H,31,35)(H,30,32,33);1,11-14,17-18H,6-10H2,2-4H3,(H,30,31)(H,32,34)/t2*19-,20+;17-,18+/m101/s1. The molecule has 24 nitrogen and oxygen atoms in total. The highest BCUT2D eigenvalue weighted by Gasteiger charge is 2.34. The molecule has 3 fully saturated rings. The molecule has 0 radical (unpaired) electrons. The van der Waals surface area contributed by atoms with Crippen molar-refractivity contribution in [1.29, 1.82) is 0 Å². The second-order valence-corrected chi connectivity index (χ2v) is 28.6. The van der Waals surface area contributed by atoms with Gasteiger partial charge in [-0.05, 0) is 106 Å². The number of ether oxygens (including phenoxy) is 6. The van der Waals surface area contributed by atoms with Gasteiger partial charge in [0.2, 0.25) is 23.7 Å². The summed E-state index contributed by atoms with van der Waals surface area (Å²) in [5, 5.41) is 23.5. The average Bonchev–Trinajstić information content (AvgIpc) is 0.750.